The van der Waals surface area contributed by atoms with Crippen LogP contribution in [-0.2, 0) is 4.79 Å². The molecule has 0 radical (unpaired) electrons. The minimum absolute atomic E-state index is 0.0803. The standard InChI is InChI=1S/C10H17N3OS2/c1-2-3-4-5-6-11-9(14)7-15-10-13-12-8-16-10/h8H,2-7H2,1H3,(H,11,14). The normalized spacial score (nSPS) is 10.3. The molecule has 1 amide bonds. The summed E-state index contributed by atoms with van der Waals surface area (Å²) in [6.07, 6.45) is 4.74. The maximum Gasteiger partial charge on any atom is 0.230 e. The van der Waals surface area contributed by atoms with Gasteiger partial charge in [-0.05, 0) is 6.42 Å². The molecule has 4 nitrogen and oxygen atoms in total. The Morgan fingerprint density at radius 3 is 3.06 bits per heavy atom. The maximum atomic E-state index is 11.4. The first-order valence-corrected chi connectivity index (χ1v) is 7.35. The van der Waals surface area contributed by atoms with Crippen molar-refractivity contribution < 1.29 is 4.79 Å². The van der Waals surface area contributed by atoms with Crippen LogP contribution in [0.25, 0.3) is 0 Å². The number of carbonyl (C=O) groups excluding carboxylic acids is 1. The monoisotopic (exact) mass is 259 g/mol. The second kappa shape index (κ2) is 8.52. The fraction of sp³-hybridized carbons (Fsp3) is 0.700. The Hall–Kier alpha value is -0.620. The first-order valence-electron chi connectivity index (χ1n) is 5.48. The van der Waals surface area contributed by atoms with Gasteiger partial charge < -0.3 is 5.32 Å². The van der Waals surface area contributed by atoms with E-state index in [0.717, 1.165) is 17.3 Å². The Morgan fingerprint density at radius 2 is 2.38 bits per heavy atom. The Labute approximate surface area is 104 Å². The van der Waals surface area contributed by atoms with Crippen molar-refractivity contribution in [1.29, 1.82) is 0 Å². The van der Waals surface area contributed by atoms with Crippen LogP contribution in [0, 0.1) is 0 Å². The van der Waals surface area contributed by atoms with Crippen LogP contribution in [-0.4, -0.2) is 28.4 Å². The molecule has 0 bridgehead atoms. The van der Waals surface area contributed by atoms with Gasteiger partial charge in [0.1, 0.15) is 5.51 Å². The van der Waals surface area contributed by atoms with E-state index in [9.17, 15) is 4.79 Å². The molecule has 0 aliphatic carbocycles. The average Bonchev–Trinajstić information content (AvgIpc) is 2.79. The van der Waals surface area contributed by atoms with Crippen molar-refractivity contribution in [3.05, 3.63) is 5.51 Å². The highest BCUT2D eigenvalue weighted by atomic mass is 32.2. The average molecular weight is 259 g/mol. The lowest BCUT2D eigenvalue weighted by Crippen LogP contribution is -2.26. The molecular weight excluding hydrogens is 242 g/mol. The molecule has 90 valence electrons. The summed E-state index contributed by atoms with van der Waals surface area (Å²) in [5, 5.41) is 10.5. The van der Waals surface area contributed by atoms with Gasteiger partial charge in [0.2, 0.25) is 5.91 Å². The van der Waals surface area contributed by atoms with Gasteiger partial charge >= 0.3 is 0 Å². The maximum absolute atomic E-state index is 11.4. The molecule has 1 heterocycles. The molecule has 1 aromatic heterocycles. The van der Waals surface area contributed by atoms with Crippen LogP contribution in [0.4, 0.5) is 0 Å². The van der Waals surface area contributed by atoms with Crippen molar-refractivity contribution in [3.63, 3.8) is 0 Å². The second-order valence-corrected chi connectivity index (χ2v) is 5.46. The molecule has 0 spiro atoms. The molecule has 0 saturated heterocycles. The molecule has 6 heteroatoms. The van der Waals surface area contributed by atoms with Gasteiger partial charge in [-0.1, -0.05) is 49.3 Å². The Balaban J connectivity index is 1.99. The van der Waals surface area contributed by atoms with Crippen LogP contribution in [0.5, 0.6) is 0 Å². The number of nitrogens with zero attached hydrogens (tertiary/aromatic N) is 2. The third kappa shape index (κ3) is 6.07. The topological polar surface area (TPSA) is 54.9 Å². The molecule has 1 aromatic rings. The molecule has 1 N–H and O–H groups in total. The van der Waals surface area contributed by atoms with Crippen LogP contribution in [0.3, 0.4) is 0 Å². The van der Waals surface area contributed by atoms with Gasteiger partial charge in [0, 0.05) is 6.54 Å². The van der Waals surface area contributed by atoms with Crippen molar-refractivity contribution in [3.8, 4) is 0 Å². The lowest BCUT2D eigenvalue weighted by Gasteiger charge is -2.03. The van der Waals surface area contributed by atoms with Crippen LogP contribution < -0.4 is 5.32 Å². The Morgan fingerprint density at radius 1 is 1.50 bits per heavy atom. The number of hydrogen-bond donors (Lipinski definition) is 1. The summed E-state index contributed by atoms with van der Waals surface area (Å²) < 4.78 is 0.848. The summed E-state index contributed by atoms with van der Waals surface area (Å²) in [5.41, 5.74) is 1.67. The van der Waals surface area contributed by atoms with Gasteiger partial charge in [-0.3, -0.25) is 4.79 Å². The largest absolute Gasteiger partial charge is 0.355 e. The molecule has 0 aliphatic rings. The molecule has 16 heavy (non-hydrogen) atoms. The van der Waals surface area contributed by atoms with E-state index in [2.05, 4.69) is 22.4 Å². The second-order valence-electron chi connectivity index (χ2n) is 3.40. The number of amides is 1. The van der Waals surface area contributed by atoms with E-state index in [1.165, 1.54) is 42.4 Å². The van der Waals surface area contributed by atoms with Gasteiger partial charge in [-0.2, -0.15) is 0 Å². The van der Waals surface area contributed by atoms with Crippen molar-refractivity contribution in [2.24, 2.45) is 0 Å². The van der Waals surface area contributed by atoms with E-state index in [1.54, 1.807) is 5.51 Å². The van der Waals surface area contributed by atoms with Crippen LogP contribution >= 0.6 is 23.1 Å². The van der Waals surface area contributed by atoms with E-state index in [4.69, 9.17) is 0 Å². The first kappa shape index (κ1) is 13.4. The number of aromatic nitrogens is 2. The van der Waals surface area contributed by atoms with Gasteiger partial charge in [0.25, 0.3) is 0 Å². The summed E-state index contributed by atoms with van der Waals surface area (Å²) in [6.45, 7) is 2.97. The van der Waals surface area contributed by atoms with Gasteiger partial charge in [0.15, 0.2) is 4.34 Å². The molecule has 0 saturated carbocycles. The van der Waals surface area contributed by atoms with Crippen LogP contribution in [0.2, 0.25) is 0 Å². The molecule has 0 unspecified atom stereocenters. The number of hydrogen-bond acceptors (Lipinski definition) is 5. The van der Waals surface area contributed by atoms with E-state index >= 15 is 0 Å². The van der Waals surface area contributed by atoms with E-state index < -0.39 is 0 Å². The van der Waals surface area contributed by atoms with E-state index in [-0.39, 0.29) is 5.91 Å². The van der Waals surface area contributed by atoms with Gasteiger partial charge in [-0.15, -0.1) is 10.2 Å². The number of carbonyl (C=O) groups is 1. The fourth-order valence-corrected chi connectivity index (χ4v) is 2.50. The smallest absolute Gasteiger partial charge is 0.230 e. The molecular formula is C10H17N3OS2. The Kier molecular flexibility index (Phi) is 7.16. The highest BCUT2D eigenvalue weighted by molar-refractivity contribution is 8.01. The number of unbranched alkanes of at least 4 members (excludes halogenated alkanes) is 3. The van der Waals surface area contributed by atoms with Gasteiger partial charge in [-0.25, -0.2) is 0 Å². The summed E-state index contributed by atoms with van der Waals surface area (Å²) in [5.74, 6) is 0.514. The van der Waals surface area contributed by atoms with Crippen molar-refractivity contribution in [2.45, 2.75) is 36.9 Å². The summed E-state index contributed by atoms with van der Waals surface area (Å²) >= 11 is 2.90. The van der Waals surface area contributed by atoms with Gasteiger partial charge in [0.05, 0.1) is 5.75 Å². The third-order valence-electron chi connectivity index (χ3n) is 2.02. The molecule has 0 atom stereocenters. The van der Waals surface area contributed by atoms with Crippen molar-refractivity contribution in [2.75, 3.05) is 12.3 Å². The van der Waals surface area contributed by atoms with E-state index in [1.807, 2.05) is 0 Å². The SMILES string of the molecule is CCCCCCNC(=O)CSc1nncs1. The predicted octanol–water partition coefficient (Wildman–Crippen LogP) is 2.33. The Bertz CT molecular complexity index is 290. The minimum Gasteiger partial charge on any atom is -0.355 e. The predicted molar refractivity (Wildman–Crippen MR) is 67.8 cm³/mol. The summed E-state index contributed by atoms with van der Waals surface area (Å²) in [4.78, 5) is 11.4. The molecule has 0 aliphatic heterocycles. The number of nitrogens with one attached hydrogen (secondary N) is 1. The third-order valence-corrected chi connectivity index (χ3v) is 3.88. The van der Waals surface area contributed by atoms with Crippen molar-refractivity contribution >= 4 is 29.0 Å². The zero-order valence-electron chi connectivity index (χ0n) is 9.44. The number of thioether (sulfide) groups is 1. The first-order chi connectivity index (χ1) is 7.83. The van der Waals surface area contributed by atoms with Crippen molar-refractivity contribution in [1.82, 2.24) is 15.5 Å². The molecule has 1 rings (SSSR count). The summed E-state index contributed by atoms with van der Waals surface area (Å²) in [7, 11) is 0. The van der Waals surface area contributed by atoms with Crippen LogP contribution in [0.15, 0.2) is 9.85 Å². The fourth-order valence-electron chi connectivity index (χ4n) is 1.18. The highest BCUT2D eigenvalue weighted by Crippen LogP contribution is 2.17. The van der Waals surface area contributed by atoms with E-state index in [0.29, 0.717) is 5.75 Å². The lowest BCUT2D eigenvalue weighted by molar-refractivity contribution is -0.118. The molecule has 0 fully saturated rings. The summed E-state index contributed by atoms with van der Waals surface area (Å²) in [6, 6.07) is 0. The lowest BCUT2D eigenvalue weighted by atomic mass is 10.2. The minimum atomic E-state index is 0.0803. The van der Waals surface area contributed by atoms with Crippen LogP contribution in [0.1, 0.15) is 32.6 Å². The highest BCUT2D eigenvalue weighted by Gasteiger charge is 2.03. The molecule has 0 aromatic carbocycles. The zero-order chi connectivity index (χ0) is 11.6. The quantitative estimate of drug-likeness (QED) is 0.575. The number of rotatable bonds is 8. The zero-order valence-corrected chi connectivity index (χ0v) is 11.1.